The molecular formula is C20H29N3O3. The molecule has 26 heavy (non-hydrogen) atoms. The van der Waals surface area contributed by atoms with Crippen molar-refractivity contribution in [2.45, 2.75) is 44.8 Å². The molecule has 1 N–H and O–H groups in total. The number of anilines is 1. The third-order valence-electron chi connectivity index (χ3n) is 5.53. The number of amides is 2. The van der Waals surface area contributed by atoms with Crippen LogP contribution in [0.15, 0.2) is 24.3 Å². The van der Waals surface area contributed by atoms with Crippen LogP contribution in [0.1, 0.15) is 43.0 Å². The van der Waals surface area contributed by atoms with Crippen molar-refractivity contribution in [2.24, 2.45) is 0 Å². The molecule has 2 fully saturated rings. The van der Waals surface area contributed by atoms with Gasteiger partial charge in [-0.15, -0.1) is 0 Å². The first kappa shape index (κ1) is 18.9. The van der Waals surface area contributed by atoms with Crippen molar-refractivity contribution >= 4 is 17.5 Å². The van der Waals surface area contributed by atoms with Gasteiger partial charge in [0.15, 0.2) is 0 Å². The summed E-state index contributed by atoms with van der Waals surface area (Å²) in [7, 11) is 1.80. The smallest absolute Gasteiger partial charge is 0.253 e. The Morgan fingerprint density at radius 2 is 1.62 bits per heavy atom. The Morgan fingerprint density at radius 3 is 2.15 bits per heavy atom. The van der Waals surface area contributed by atoms with Crippen molar-refractivity contribution in [3.05, 3.63) is 29.8 Å². The van der Waals surface area contributed by atoms with Crippen molar-refractivity contribution in [3.63, 3.8) is 0 Å². The Morgan fingerprint density at radius 1 is 1.00 bits per heavy atom. The molecule has 6 nitrogen and oxygen atoms in total. The summed E-state index contributed by atoms with van der Waals surface area (Å²) in [6, 6.07) is 7.71. The molecule has 1 aromatic carbocycles. The van der Waals surface area contributed by atoms with E-state index in [1.807, 2.05) is 4.90 Å². The number of nitrogens with one attached hydrogen (secondary N) is 1. The van der Waals surface area contributed by atoms with E-state index in [2.05, 4.69) is 10.2 Å². The van der Waals surface area contributed by atoms with Gasteiger partial charge in [-0.3, -0.25) is 9.59 Å². The molecule has 0 aromatic heterocycles. The van der Waals surface area contributed by atoms with E-state index in [0.29, 0.717) is 23.4 Å². The third-order valence-corrected chi connectivity index (χ3v) is 5.53. The predicted molar refractivity (Wildman–Crippen MR) is 101 cm³/mol. The fourth-order valence-electron chi connectivity index (χ4n) is 3.99. The van der Waals surface area contributed by atoms with Crippen molar-refractivity contribution < 1.29 is 14.3 Å². The maximum absolute atomic E-state index is 12.7. The summed E-state index contributed by atoms with van der Waals surface area (Å²) in [5.41, 5.74) is 1.39. The Labute approximate surface area is 155 Å². The van der Waals surface area contributed by atoms with Gasteiger partial charge in [-0.25, -0.2) is 0 Å². The Bertz CT molecular complexity index is 616. The molecule has 2 aliphatic heterocycles. The zero-order valence-corrected chi connectivity index (χ0v) is 15.7. The van der Waals surface area contributed by atoms with E-state index in [1.165, 1.54) is 6.92 Å². The molecule has 2 heterocycles. The number of ether oxygens (including phenoxy) is 1. The van der Waals surface area contributed by atoms with E-state index in [4.69, 9.17) is 4.74 Å². The lowest BCUT2D eigenvalue weighted by Crippen LogP contribution is -2.49. The van der Waals surface area contributed by atoms with Crippen molar-refractivity contribution in [2.75, 3.05) is 38.6 Å². The van der Waals surface area contributed by atoms with Crippen LogP contribution < -0.4 is 5.32 Å². The first-order valence-electron chi connectivity index (χ1n) is 9.50. The van der Waals surface area contributed by atoms with E-state index >= 15 is 0 Å². The number of hydrogen-bond acceptors (Lipinski definition) is 4. The van der Waals surface area contributed by atoms with E-state index in [9.17, 15) is 9.59 Å². The Kier molecular flexibility index (Phi) is 6.27. The Balaban J connectivity index is 1.50. The predicted octanol–water partition coefficient (Wildman–Crippen LogP) is 2.36. The molecular weight excluding hydrogens is 330 g/mol. The van der Waals surface area contributed by atoms with Gasteiger partial charge in [-0.05, 0) is 49.9 Å². The molecule has 2 aliphatic rings. The van der Waals surface area contributed by atoms with Crippen LogP contribution in [0.25, 0.3) is 0 Å². The number of hydrogen-bond donors (Lipinski definition) is 1. The number of likely N-dealkylation sites (tertiary alicyclic amines) is 2. The summed E-state index contributed by atoms with van der Waals surface area (Å²) in [5, 5.41) is 2.72. The largest absolute Gasteiger partial charge is 0.381 e. The molecule has 6 heteroatoms. The zero-order valence-electron chi connectivity index (χ0n) is 15.7. The van der Waals surface area contributed by atoms with Gasteiger partial charge in [0, 0.05) is 57.5 Å². The first-order chi connectivity index (χ1) is 12.6. The fraction of sp³-hybridized carbons (Fsp3) is 0.600. The van der Waals surface area contributed by atoms with Crippen LogP contribution in [0.4, 0.5) is 5.69 Å². The van der Waals surface area contributed by atoms with Gasteiger partial charge in [0.25, 0.3) is 5.91 Å². The van der Waals surface area contributed by atoms with Crippen LogP contribution in [0.2, 0.25) is 0 Å². The molecule has 142 valence electrons. The second kappa shape index (κ2) is 8.64. The highest BCUT2D eigenvalue weighted by Crippen LogP contribution is 2.23. The number of methoxy groups -OCH3 is 1. The van der Waals surface area contributed by atoms with E-state index < -0.39 is 0 Å². The molecule has 3 rings (SSSR count). The molecule has 0 aliphatic carbocycles. The number of rotatable bonds is 4. The van der Waals surface area contributed by atoms with E-state index in [-0.39, 0.29) is 11.8 Å². The number of carbonyl (C=O) groups is 2. The molecule has 0 radical (unpaired) electrons. The van der Waals surface area contributed by atoms with Gasteiger partial charge in [-0.2, -0.15) is 0 Å². The summed E-state index contributed by atoms with van der Waals surface area (Å²) in [4.78, 5) is 28.3. The average Bonchev–Trinajstić information content (AvgIpc) is 2.68. The monoisotopic (exact) mass is 359 g/mol. The maximum Gasteiger partial charge on any atom is 0.253 e. The van der Waals surface area contributed by atoms with E-state index in [0.717, 1.165) is 51.9 Å². The van der Waals surface area contributed by atoms with Gasteiger partial charge in [0.2, 0.25) is 5.91 Å². The summed E-state index contributed by atoms with van der Waals surface area (Å²) < 4.78 is 5.45. The lowest BCUT2D eigenvalue weighted by Gasteiger charge is -2.41. The average molecular weight is 359 g/mol. The van der Waals surface area contributed by atoms with Crippen LogP contribution in [-0.2, 0) is 9.53 Å². The third kappa shape index (κ3) is 4.62. The van der Waals surface area contributed by atoms with E-state index in [1.54, 1.807) is 31.4 Å². The standard InChI is InChI=1S/C20H29N3O3/c1-15(24)21-17-5-3-16(4-6-17)20(25)23-11-7-18(8-12-23)22-13-9-19(26-2)10-14-22/h3-6,18-19H,7-14H2,1-2H3,(H,21,24). The molecule has 2 amide bonds. The fourth-order valence-corrected chi connectivity index (χ4v) is 3.99. The van der Waals surface area contributed by atoms with Gasteiger partial charge in [0.1, 0.15) is 0 Å². The van der Waals surface area contributed by atoms with Gasteiger partial charge >= 0.3 is 0 Å². The lowest BCUT2D eigenvalue weighted by molar-refractivity contribution is -0.114. The number of benzene rings is 1. The van der Waals surface area contributed by atoms with Crippen molar-refractivity contribution in [1.82, 2.24) is 9.80 Å². The molecule has 1 aromatic rings. The van der Waals surface area contributed by atoms with Crippen molar-refractivity contribution in [1.29, 1.82) is 0 Å². The lowest BCUT2D eigenvalue weighted by atomic mass is 9.98. The van der Waals surface area contributed by atoms with Crippen LogP contribution >= 0.6 is 0 Å². The van der Waals surface area contributed by atoms with Gasteiger partial charge in [-0.1, -0.05) is 0 Å². The molecule has 2 saturated heterocycles. The highest BCUT2D eigenvalue weighted by Gasteiger charge is 2.29. The van der Waals surface area contributed by atoms with Crippen LogP contribution in [-0.4, -0.2) is 67.0 Å². The first-order valence-corrected chi connectivity index (χ1v) is 9.50. The Hall–Kier alpha value is -1.92. The summed E-state index contributed by atoms with van der Waals surface area (Å²) in [6.07, 6.45) is 4.70. The summed E-state index contributed by atoms with van der Waals surface area (Å²) in [6.45, 7) is 5.28. The van der Waals surface area contributed by atoms with Crippen molar-refractivity contribution in [3.8, 4) is 0 Å². The summed E-state index contributed by atoms with van der Waals surface area (Å²) >= 11 is 0. The quantitative estimate of drug-likeness (QED) is 0.896. The molecule has 0 bridgehead atoms. The summed E-state index contributed by atoms with van der Waals surface area (Å²) in [5.74, 6) is -0.0309. The van der Waals surface area contributed by atoms with Gasteiger partial charge < -0.3 is 19.9 Å². The number of carbonyl (C=O) groups excluding carboxylic acids is 2. The highest BCUT2D eigenvalue weighted by molar-refractivity contribution is 5.95. The second-order valence-corrected chi connectivity index (χ2v) is 7.25. The van der Waals surface area contributed by atoms with Crippen LogP contribution in [0.5, 0.6) is 0 Å². The minimum atomic E-state index is -0.110. The number of piperidine rings is 2. The molecule has 0 spiro atoms. The highest BCUT2D eigenvalue weighted by atomic mass is 16.5. The minimum Gasteiger partial charge on any atom is -0.381 e. The van der Waals surface area contributed by atoms with Crippen LogP contribution in [0.3, 0.4) is 0 Å². The zero-order chi connectivity index (χ0) is 18.5. The number of nitrogens with zero attached hydrogens (tertiary/aromatic N) is 2. The molecule has 0 unspecified atom stereocenters. The van der Waals surface area contributed by atoms with Gasteiger partial charge in [0.05, 0.1) is 6.10 Å². The normalized spacial score (nSPS) is 20.2. The molecule has 0 saturated carbocycles. The van der Waals surface area contributed by atoms with Crippen LogP contribution in [0, 0.1) is 0 Å². The molecule has 0 atom stereocenters. The topological polar surface area (TPSA) is 61.9 Å². The SMILES string of the molecule is COC1CCN(C2CCN(C(=O)c3ccc(NC(C)=O)cc3)CC2)CC1. The second-order valence-electron chi connectivity index (χ2n) is 7.25. The maximum atomic E-state index is 12.7. The minimum absolute atomic E-state index is 0.0796.